The molecule has 2 heterocycles. The highest BCUT2D eigenvalue weighted by Crippen LogP contribution is 2.20. The number of rotatable bonds is 2. The third kappa shape index (κ3) is 2.12. The highest BCUT2D eigenvalue weighted by Gasteiger charge is 2.17. The second-order valence-corrected chi connectivity index (χ2v) is 5.14. The van der Waals surface area contributed by atoms with Crippen LogP contribution in [-0.4, -0.2) is 22.6 Å². The smallest absolute Gasteiger partial charge is 0.125 e. The van der Waals surface area contributed by atoms with Gasteiger partial charge in [-0.15, -0.1) is 0 Å². The fourth-order valence-electron chi connectivity index (χ4n) is 2.76. The van der Waals surface area contributed by atoms with Gasteiger partial charge in [0.1, 0.15) is 11.6 Å². The van der Waals surface area contributed by atoms with E-state index in [0.717, 1.165) is 36.4 Å². The molecule has 3 rings (SSSR count). The number of benzene rings is 1. The molecule has 1 aromatic heterocycles. The van der Waals surface area contributed by atoms with Crippen molar-refractivity contribution in [2.45, 2.75) is 19.3 Å². The van der Waals surface area contributed by atoms with Crippen LogP contribution in [0.1, 0.15) is 18.7 Å². The summed E-state index contributed by atoms with van der Waals surface area (Å²) in [6.07, 6.45) is 3.47. The summed E-state index contributed by atoms with van der Waals surface area (Å²) in [7, 11) is 2.01. The van der Waals surface area contributed by atoms with E-state index in [-0.39, 0.29) is 5.82 Å². The van der Waals surface area contributed by atoms with Crippen LogP contribution in [0.4, 0.5) is 4.39 Å². The number of hydrogen-bond donors (Lipinski definition) is 1. The van der Waals surface area contributed by atoms with Crippen molar-refractivity contribution in [1.82, 2.24) is 14.9 Å². The number of halogens is 1. The summed E-state index contributed by atoms with van der Waals surface area (Å²) in [4.78, 5) is 4.56. The lowest BCUT2D eigenvalue weighted by Crippen LogP contribution is -2.31. The maximum absolute atomic E-state index is 13.2. The van der Waals surface area contributed by atoms with E-state index in [9.17, 15) is 4.39 Å². The maximum atomic E-state index is 13.2. The summed E-state index contributed by atoms with van der Waals surface area (Å²) >= 11 is 0. The van der Waals surface area contributed by atoms with Crippen LogP contribution in [-0.2, 0) is 13.5 Å². The summed E-state index contributed by atoms with van der Waals surface area (Å²) in [5.41, 5.74) is 1.77. The molecule has 1 fully saturated rings. The highest BCUT2D eigenvalue weighted by atomic mass is 19.1. The summed E-state index contributed by atoms with van der Waals surface area (Å²) in [6, 6.07) is 4.81. The molecule has 3 nitrogen and oxygen atoms in total. The first-order valence-corrected chi connectivity index (χ1v) is 6.55. The fraction of sp³-hybridized carbons (Fsp3) is 0.500. The van der Waals surface area contributed by atoms with Crippen molar-refractivity contribution in [3.8, 4) is 0 Å². The molecule has 1 aliphatic heterocycles. The van der Waals surface area contributed by atoms with Crippen LogP contribution in [0, 0.1) is 11.7 Å². The normalized spacial score (nSPS) is 20.4. The molecule has 96 valence electrons. The summed E-state index contributed by atoms with van der Waals surface area (Å²) in [5, 5.41) is 3.42. The maximum Gasteiger partial charge on any atom is 0.125 e. The summed E-state index contributed by atoms with van der Waals surface area (Å²) < 4.78 is 15.3. The predicted molar refractivity (Wildman–Crippen MR) is 70.0 cm³/mol. The molecule has 0 amide bonds. The second kappa shape index (κ2) is 4.69. The van der Waals surface area contributed by atoms with E-state index in [4.69, 9.17) is 0 Å². The minimum Gasteiger partial charge on any atom is -0.331 e. The van der Waals surface area contributed by atoms with E-state index in [1.165, 1.54) is 25.0 Å². The fourth-order valence-corrected chi connectivity index (χ4v) is 2.76. The first kappa shape index (κ1) is 11.7. The first-order valence-electron chi connectivity index (χ1n) is 6.55. The van der Waals surface area contributed by atoms with Gasteiger partial charge in [-0.3, -0.25) is 0 Å². The quantitative estimate of drug-likeness (QED) is 0.882. The zero-order valence-electron chi connectivity index (χ0n) is 10.6. The number of nitrogens with one attached hydrogen (secondary N) is 1. The molecule has 1 aromatic carbocycles. The minimum absolute atomic E-state index is 0.216. The number of imidazole rings is 1. The Labute approximate surface area is 106 Å². The number of nitrogens with zero attached hydrogens (tertiary/aromatic N) is 2. The monoisotopic (exact) mass is 247 g/mol. The topological polar surface area (TPSA) is 29.9 Å². The molecule has 1 saturated heterocycles. The Hall–Kier alpha value is -1.42. The third-order valence-corrected chi connectivity index (χ3v) is 3.81. The Morgan fingerprint density at radius 3 is 3.17 bits per heavy atom. The van der Waals surface area contributed by atoms with Crippen LogP contribution in [0.3, 0.4) is 0 Å². The van der Waals surface area contributed by atoms with E-state index in [1.54, 1.807) is 6.07 Å². The van der Waals surface area contributed by atoms with Crippen molar-refractivity contribution in [1.29, 1.82) is 0 Å². The van der Waals surface area contributed by atoms with Gasteiger partial charge in [0.25, 0.3) is 0 Å². The Balaban J connectivity index is 1.89. The van der Waals surface area contributed by atoms with Gasteiger partial charge < -0.3 is 9.88 Å². The Bertz CT molecular complexity index is 555. The van der Waals surface area contributed by atoms with Gasteiger partial charge in [-0.2, -0.15) is 0 Å². The van der Waals surface area contributed by atoms with Crippen LogP contribution >= 0.6 is 0 Å². The van der Waals surface area contributed by atoms with Gasteiger partial charge in [0.15, 0.2) is 0 Å². The molecule has 0 bridgehead atoms. The lowest BCUT2D eigenvalue weighted by Gasteiger charge is -2.22. The van der Waals surface area contributed by atoms with Crippen molar-refractivity contribution in [3.63, 3.8) is 0 Å². The lowest BCUT2D eigenvalue weighted by atomic mass is 9.96. The van der Waals surface area contributed by atoms with Crippen LogP contribution < -0.4 is 5.32 Å². The largest absolute Gasteiger partial charge is 0.331 e. The first-order chi connectivity index (χ1) is 8.74. The Morgan fingerprint density at radius 2 is 2.39 bits per heavy atom. The predicted octanol–water partition coefficient (Wildman–Crippen LogP) is 2.25. The number of fused-ring (bicyclic) bond motifs is 1. The van der Waals surface area contributed by atoms with E-state index in [1.807, 2.05) is 7.05 Å². The second-order valence-electron chi connectivity index (χ2n) is 5.14. The number of piperidine rings is 1. The van der Waals surface area contributed by atoms with Crippen LogP contribution in [0.25, 0.3) is 11.0 Å². The zero-order valence-corrected chi connectivity index (χ0v) is 10.6. The molecule has 1 N–H and O–H groups in total. The molecule has 0 saturated carbocycles. The molecule has 0 radical (unpaired) electrons. The zero-order chi connectivity index (χ0) is 12.5. The lowest BCUT2D eigenvalue weighted by molar-refractivity contribution is 0.368. The van der Waals surface area contributed by atoms with E-state index in [0.29, 0.717) is 5.92 Å². The molecule has 0 spiro atoms. The molecule has 1 unspecified atom stereocenters. The third-order valence-electron chi connectivity index (χ3n) is 3.81. The van der Waals surface area contributed by atoms with Crippen molar-refractivity contribution in [2.24, 2.45) is 13.0 Å². The van der Waals surface area contributed by atoms with Crippen molar-refractivity contribution in [3.05, 3.63) is 29.8 Å². The van der Waals surface area contributed by atoms with E-state index < -0.39 is 0 Å². The Morgan fingerprint density at radius 1 is 1.50 bits per heavy atom. The van der Waals surface area contributed by atoms with Gasteiger partial charge in [0.05, 0.1) is 11.0 Å². The number of aromatic nitrogens is 2. The van der Waals surface area contributed by atoms with Crippen LogP contribution in [0.2, 0.25) is 0 Å². The van der Waals surface area contributed by atoms with Crippen molar-refractivity contribution >= 4 is 11.0 Å². The Kier molecular flexibility index (Phi) is 3.04. The van der Waals surface area contributed by atoms with Crippen molar-refractivity contribution < 1.29 is 4.39 Å². The van der Waals surface area contributed by atoms with Gasteiger partial charge in [-0.05, 0) is 44.0 Å². The summed E-state index contributed by atoms with van der Waals surface area (Å²) in [6.45, 7) is 2.20. The highest BCUT2D eigenvalue weighted by molar-refractivity contribution is 5.75. The van der Waals surface area contributed by atoms with Gasteiger partial charge in [-0.1, -0.05) is 0 Å². The van der Waals surface area contributed by atoms with E-state index >= 15 is 0 Å². The number of hydrogen-bond acceptors (Lipinski definition) is 2. The SMILES string of the molecule is Cn1c(CC2CCCNC2)nc2cc(F)ccc21. The molecular weight excluding hydrogens is 229 g/mol. The van der Waals surface area contributed by atoms with Crippen LogP contribution in [0.15, 0.2) is 18.2 Å². The van der Waals surface area contributed by atoms with Gasteiger partial charge >= 0.3 is 0 Å². The molecular formula is C14H18FN3. The standard InChI is InChI=1S/C14H18FN3/c1-18-13-5-4-11(15)8-12(13)17-14(18)7-10-3-2-6-16-9-10/h4-5,8,10,16H,2-3,6-7,9H2,1H3. The molecule has 1 aliphatic rings. The van der Waals surface area contributed by atoms with E-state index in [2.05, 4.69) is 14.9 Å². The molecule has 18 heavy (non-hydrogen) atoms. The number of aryl methyl sites for hydroxylation is 1. The molecule has 4 heteroatoms. The minimum atomic E-state index is -0.216. The average Bonchev–Trinajstić information content (AvgIpc) is 2.67. The average molecular weight is 247 g/mol. The van der Waals surface area contributed by atoms with Gasteiger partial charge in [0.2, 0.25) is 0 Å². The molecule has 0 aliphatic carbocycles. The van der Waals surface area contributed by atoms with Crippen molar-refractivity contribution in [2.75, 3.05) is 13.1 Å². The van der Waals surface area contributed by atoms with Gasteiger partial charge in [0, 0.05) is 19.5 Å². The molecule has 1 atom stereocenters. The van der Waals surface area contributed by atoms with Crippen LogP contribution in [0.5, 0.6) is 0 Å². The molecule has 2 aromatic rings. The summed E-state index contributed by atoms with van der Waals surface area (Å²) in [5.74, 6) is 1.50. The van der Waals surface area contributed by atoms with Gasteiger partial charge in [-0.25, -0.2) is 9.37 Å².